The highest BCUT2D eigenvalue weighted by Gasteiger charge is 2.36. The molecule has 5 heteroatoms. The molecule has 0 aliphatic carbocycles. The van der Waals surface area contributed by atoms with Crippen LogP contribution in [0.5, 0.6) is 5.75 Å². The maximum absolute atomic E-state index is 11.7. The summed E-state index contributed by atoms with van der Waals surface area (Å²) < 4.78 is 11.6. The molecule has 108 valence electrons. The number of halogens is 1. The molecule has 1 saturated heterocycles. The Morgan fingerprint density at radius 1 is 1.14 bits per heavy atom. The third kappa shape index (κ3) is 2.88. The molecular formula is C16H14BrNO3. The third-order valence-corrected chi connectivity index (χ3v) is 3.93. The van der Waals surface area contributed by atoms with Gasteiger partial charge in [0.15, 0.2) is 6.10 Å². The van der Waals surface area contributed by atoms with E-state index in [4.69, 9.17) is 9.47 Å². The predicted molar refractivity (Wildman–Crippen MR) is 82.2 cm³/mol. The molecule has 2 atom stereocenters. The van der Waals surface area contributed by atoms with Crippen LogP contribution in [0.25, 0.3) is 0 Å². The van der Waals surface area contributed by atoms with Gasteiger partial charge in [-0.1, -0.05) is 40.2 Å². The molecule has 0 unspecified atom stereocenters. The van der Waals surface area contributed by atoms with Crippen molar-refractivity contribution in [1.29, 1.82) is 0 Å². The first kappa shape index (κ1) is 13.9. The molecule has 1 aliphatic heterocycles. The fourth-order valence-electron chi connectivity index (χ4n) is 2.46. The maximum Gasteiger partial charge on any atom is 0.408 e. The van der Waals surface area contributed by atoms with Crippen molar-refractivity contribution in [2.75, 3.05) is 7.11 Å². The van der Waals surface area contributed by atoms with Crippen LogP contribution in [0.3, 0.4) is 0 Å². The summed E-state index contributed by atoms with van der Waals surface area (Å²) >= 11 is 3.45. The van der Waals surface area contributed by atoms with Gasteiger partial charge in [-0.2, -0.15) is 0 Å². The average Bonchev–Trinajstić information content (AvgIpc) is 2.89. The van der Waals surface area contributed by atoms with Crippen LogP contribution in [0.2, 0.25) is 0 Å². The van der Waals surface area contributed by atoms with Gasteiger partial charge in [0.05, 0.1) is 13.2 Å². The van der Waals surface area contributed by atoms with Crippen LogP contribution in [-0.2, 0) is 4.74 Å². The zero-order chi connectivity index (χ0) is 14.8. The smallest absolute Gasteiger partial charge is 0.408 e. The van der Waals surface area contributed by atoms with Crippen LogP contribution >= 0.6 is 15.9 Å². The SMILES string of the molecule is COc1cccc([C@@H]2OC(=O)N[C@@H]2c2cccc(Br)c2)c1. The summed E-state index contributed by atoms with van der Waals surface area (Å²) in [5, 5.41) is 2.86. The van der Waals surface area contributed by atoms with Gasteiger partial charge in [0.25, 0.3) is 0 Å². The Bertz CT molecular complexity index is 674. The van der Waals surface area contributed by atoms with Crippen LogP contribution in [0.1, 0.15) is 23.3 Å². The topological polar surface area (TPSA) is 47.6 Å². The maximum atomic E-state index is 11.7. The van der Waals surface area contributed by atoms with E-state index in [9.17, 15) is 4.79 Å². The number of hydrogen-bond donors (Lipinski definition) is 1. The second-order valence-electron chi connectivity index (χ2n) is 4.78. The molecule has 0 spiro atoms. The summed E-state index contributed by atoms with van der Waals surface area (Å²) in [6.07, 6.45) is -0.783. The minimum Gasteiger partial charge on any atom is -0.497 e. The zero-order valence-electron chi connectivity index (χ0n) is 11.4. The molecule has 1 heterocycles. The minimum absolute atomic E-state index is 0.220. The third-order valence-electron chi connectivity index (χ3n) is 3.44. The zero-order valence-corrected chi connectivity index (χ0v) is 13.0. The van der Waals surface area contributed by atoms with Crippen molar-refractivity contribution in [3.8, 4) is 5.75 Å². The number of amides is 1. The first-order chi connectivity index (χ1) is 10.2. The molecule has 1 fully saturated rings. The molecule has 3 rings (SSSR count). The first-order valence-corrected chi connectivity index (χ1v) is 7.33. The lowest BCUT2D eigenvalue weighted by Crippen LogP contribution is -2.19. The molecule has 1 amide bonds. The van der Waals surface area contributed by atoms with Crippen LogP contribution in [0.4, 0.5) is 4.79 Å². The Balaban J connectivity index is 1.97. The van der Waals surface area contributed by atoms with Crippen LogP contribution in [-0.4, -0.2) is 13.2 Å². The standard InChI is InChI=1S/C16H14BrNO3/c1-20-13-7-3-5-11(9-13)15-14(18-16(19)21-15)10-4-2-6-12(17)8-10/h2-9,14-15H,1H3,(H,18,19)/t14-,15+/m1/s1. The Labute approximate surface area is 131 Å². The number of rotatable bonds is 3. The average molecular weight is 348 g/mol. The van der Waals surface area contributed by atoms with E-state index in [-0.39, 0.29) is 12.1 Å². The first-order valence-electron chi connectivity index (χ1n) is 6.54. The van der Waals surface area contributed by atoms with Gasteiger partial charge in [-0.15, -0.1) is 0 Å². The van der Waals surface area contributed by atoms with Crippen LogP contribution in [0.15, 0.2) is 53.0 Å². The highest BCUT2D eigenvalue weighted by atomic mass is 79.9. The number of nitrogens with one attached hydrogen (secondary N) is 1. The van der Waals surface area contributed by atoms with Gasteiger partial charge in [-0.05, 0) is 35.4 Å². The molecule has 2 aromatic carbocycles. The fraction of sp³-hybridized carbons (Fsp3) is 0.188. The van der Waals surface area contributed by atoms with E-state index < -0.39 is 6.09 Å². The number of methoxy groups -OCH3 is 1. The molecule has 0 radical (unpaired) electrons. The van der Waals surface area contributed by atoms with Crippen molar-refractivity contribution in [1.82, 2.24) is 5.32 Å². The molecule has 1 N–H and O–H groups in total. The number of hydrogen-bond acceptors (Lipinski definition) is 3. The Morgan fingerprint density at radius 3 is 2.67 bits per heavy atom. The second kappa shape index (κ2) is 5.77. The molecule has 1 aliphatic rings. The molecule has 2 aromatic rings. The van der Waals surface area contributed by atoms with Crippen molar-refractivity contribution in [2.45, 2.75) is 12.1 Å². The summed E-state index contributed by atoms with van der Waals surface area (Å²) in [4.78, 5) is 11.7. The number of benzene rings is 2. The molecule has 4 nitrogen and oxygen atoms in total. The monoisotopic (exact) mass is 347 g/mol. The lowest BCUT2D eigenvalue weighted by molar-refractivity contribution is 0.132. The summed E-state index contributed by atoms with van der Waals surface area (Å²) in [5.74, 6) is 0.739. The van der Waals surface area contributed by atoms with Crippen molar-refractivity contribution >= 4 is 22.0 Å². The van der Waals surface area contributed by atoms with Gasteiger partial charge in [0, 0.05) is 4.47 Å². The normalized spacial score (nSPS) is 20.8. The quantitative estimate of drug-likeness (QED) is 0.913. The van der Waals surface area contributed by atoms with Crippen molar-refractivity contribution in [3.63, 3.8) is 0 Å². The number of ether oxygens (including phenoxy) is 2. The van der Waals surface area contributed by atoms with Crippen LogP contribution < -0.4 is 10.1 Å². The molecule has 21 heavy (non-hydrogen) atoms. The second-order valence-corrected chi connectivity index (χ2v) is 5.70. The van der Waals surface area contributed by atoms with Crippen molar-refractivity contribution < 1.29 is 14.3 Å². The van der Waals surface area contributed by atoms with E-state index >= 15 is 0 Å². The fourth-order valence-corrected chi connectivity index (χ4v) is 2.87. The van der Waals surface area contributed by atoms with Gasteiger partial charge in [0.1, 0.15) is 5.75 Å². The van der Waals surface area contributed by atoms with Gasteiger partial charge < -0.3 is 14.8 Å². The van der Waals surface area contributed by atoms with E-state index in [1.54, 1.807) is 7.11 Å². The Morgan fingerprint density at radius 2 is 1.90 bits per heavy atom. The van der Waals surface area contributed by atoms with Crippen molar-refractivity contribution in [3.05, 3.63) is 64.1 Å². The molecule has 0 bridgehead atoms. The number of carbonyl (C=O) groups excluding carboxylic acids is 1. The lowest BCUT2D eigenvalue weighted by Gasteiger charge is -2.18. The number of carbonyl (C=O) groups is 1. The molecule has 0 saturated carbocycles. The van der Waals surface area contributed by atoms with Gasteiger partial charge in [-0.25, -0.2) is 4.79 Å². The summed E-state index contributed by atoms with van der Waals surface area (Å²) in [5.41, 5.74) is 1.89. The molecular weight excluding hydrogens is 334 g/mol. The van der Waals surface area contributed by atoms with E-state index in [1.165, 1.54) is 0 Å². The summed E-state index contributed by atoms with van der Waals surface area (Å²) in [6.45, 7) is 0. The lowest BCUT2D eigenvalue weighted by atomic mass is 9.96. The van der Waals surface area contributed by atoms with Crippen molar-refractivity contribution in [2.24, 2.45) is 0 Å². The number of alkyl carbamates (subject to hydrolysis) is 1. The van der Waals surface area contributed by atoms with E-state index in [0.29, 0.717) is 0 Å². The Hall–Kier alpha value is -2.01. The predicted octanol–water partition coefficient (Wildman–Crippen LogP) is 3.98. The highest BCUT2D eigenvalue weighted by Crippen LogP contribution is 2.38. The summed E-state index contributed by atoms with van der Waals surface area (Å²) in [6, 6.07) is 15.2. The largest absolute Gasteiger partial charge is 0.497 e. The van der Waals surface area contributed by atoms with Gasteiger partial charge >= 0.3 is 6.09 Å². The minimum atomic E-state index is -0.409. The Kier molecular flexibility index (Phi) is 3.84. The van der Waals surface area contributed by atoms with Gasteiger partial charge in [0.2, 0.25) is 0 Å². The van der Waals surface area contributed by atoms with E-state index in [0.717, 1.165) is 21.3 Å². The number of cyclic esters (lactones) is 1. The highest BCUT2D eigenvalue weighted by molar-refractivity contribution is 9.10. The summed E-state index contributed by atoms with van der Waals surface area (Å²) in [7, 11) is 1.61. The van der Waals surface area contributed by atoms with E-state index in [1.807, 2.05) is 48.5 Å². The molecule has 0 aromatic heterocycles. The van der Waals surface area contributed by atoms with E-state index in [2.05, 4.69) is 21.2 Å². The van der Waals surface area contributed by atoms with Gasteiger partial charge in [-0.3, -0.25) is 0 Å². The van der Waals surface area contributed by atoms with Crippen LogP contribution in [0, 0.1) is 0 Å².